The Hall–Kier alpha value is -3.32. The lowest BCUT2D eigenvalue weighted by Crippen LogP contribution is -2.29. The third-order valence-corrected chi connectivity index (χ3v) is 6.91. The van der Waals surface area contributed by atoms with Crippen molar-refractivity contribution in [2.24, 2.45) is 0 Å². The first-order valence-electron chi connectivity index (χ1n) is 9.95. The van der Waals surface area contributed by atoms with Crippen LogP contribution in [0.4, 0.5) is 5.69 Å². The average molecular weight is 439 g/mol. The van der Waals surface area contributed by atoms with Crippen molar-refractivity contribution in [2.75, 3.05) is 18.5 Å². The molecule has 0 spiro atoms. The van der Waals surface area contributed by atoms with E-state index in [4.69, 9.17) is 4.74 Å². The van der Waals surface area contributed by atoms with Crippen LogP contribution in [0.2, 0.25) is 0 Å². The summed E-state index contributed by atoms with van der Waals surface area (Å²) in [5, 5.41) is 3.03. The summed E-state index contributed by atoms with van der Waals surface area (Å²) in [5.74, 6) is 0.317. The molecule has 0 fully saturated rings. The van der Waals surface area contributed by atoms with Gasteiger partial charge in [0.05, 0.1) is 23.7 Å². The van der Waals surface area contributed by atoms with Gasteiger partial charge in [0.15, 0.2) is 0 Å². The van der Waals surface area contributed by atoms with Gasteiger partial charge in [-0.3, -0.25) is 9.10 Å². The van der Waals surface area contributed by atoms with E-state index in [1.54, 1.807) is 36.4 Å². The SMILES string of the molecule is CC[C@H](NC(=O)c1cccc(N(C)S(=O)(=O)c2ccc(OC)cc2)c1)c1ccccc1. The first kappa shape index (κ1) is 22.4. The standard InChI is InChI=1S/C24H26N2O4S/c1-4-23(18-9-6-5-7-10-18)25-24(27)19-11-8-12-20(17-19)26(2)31(28,29)22-15-13-21(30-3)14-16-22/h5-17,23H,4H2,1-3H3,(H,25,27)/t23-/m0/s1. The van der Waals surface area contributed by atoms with Crippen LogP contribution >= 0.6 is 0 Å². The number of benzene rings is 3. The normalized spacial score (nSPS) is 12.1. The third kappa shape index (κ3) is 5.06. The van der Waals surface area contributed by atoms with Crippen LogP contribution in [0, 0.1) is 0 Å². The van der Waals surface area contributed by atoms with Gasteiger partial charge in [-0.2, -0.15) is 0 Å². The first-order valence-corrected chi connectivity index (χ1v) is 11.4. The molecule has 1 amide bonds. The number of hydrogen-bond acceptors (Lipinski definition) is 4. The van der Waals surface area contributed by atoms with Gasteiger partial charge in [0, 0.05) is 12.6 Å². The molecule has 0 bridgehead atoms. The van der Waals surface area contributed by atoms with E-state index in [0.29, 0.717) is 17.0 Å². The number of rotatable bonds is 8. The van der Waals surface area contributed by atoms with E-state index < -0.39 is 10.0 Å². The monoisotopic (exact) mass is 438 g/mol. The smallest absolute Gasteiger partial charge is 0.264 e. The van der Waals surface area contributed by atoms with Crippen LogP contribution in [0.25, 0.3) is 0 Å². The number of sulfonamides is 1. The summed E-state index contributed by atoms with van der Waals surface area (Å²) in [4.78, 5) is 13.0. The fourth-order valence-corrected chi connectivity index (χ4v) is 4.42. The minimum absolute atomic E-state index is 0.127. The molecule has 0 saturated carbocycles. The van der Waals surface area contributed by atoms with Crippen molar-refractivity contribution in [3.63, 3.8) is 0 Å². The van der Waals surface area contributed by atoms with Gasteiger partial charge in [-0.05, 0) is 54.4 Å². The molecular weight excluding hydrogens is 412 g/mol. The van der Waals surface area contributed by atoms with Gasteiger partial charge in [0.25, 0.3) is 15.9 Å². The van der Waals surface area contributed by atoms with Crippen LogP contribution in [0.3, 0.4) is 0 Å². The van der Waals surface area contributed by atoms with E-state index in [9.17, 15) is 13.2 Å². The molecule has 31 heavy (non-hydrogen) atoms. The minimum atomic E-state index is -3.78. The zero-order chi connectivity index (χ0) is 22.4. The number of methoxy groups -OCH3 is 1. The molecule has 0 aliphatic carbocycles. The number of ether oxygens (including phenoxy) is 1. The van der Waals surface area contributed by atoms with Crippen molar-refractivity contribution in [3.05, 3.63) is 90.0 Å². The maximum Gasteiger partial charge on any atom is 0.264 e. The van der Waals surface area contributed by atoms with E-state index in [-0.39, 0.29) is 16.8 Å². The van der Waals surface area contributed by atoms with Crippen molar-refractivity contribution in [3.8, 4) is 5.75 Å². The van der Waals surface area contributed by atoms with Gasteiger partial charge >= 0.3 is 0 Å². The lowest BCUT2D eigenvalue weighted by atomic mass is 10.0. The van der Waals surface area contributed by atoms with Crippen LogP contribution in [-0.2, 0) is 10.0 Å². The Labute approximate surface area is 183 Å². The lowest BCUT2D eigenvalue weighted by Gasteiger charge is -2.21. The van der Waals surface area contributed by atoms with E-state index in [2.05, 4.69) is 5.32 Å². The molecule has 6 nitrogen and oxygen atoms in total. The topological polar surface area (TPSA) is 75.7 Å². The quantitative estimate of drug-likeness (QED) is 0.566. The highest BCUT2D eigenvalue weighted by Crippen LogP contribution is 2.25. The van der Waals surface area contributed by atoms with Gasteiger partial charge in [-0.1, -0.05) is 43.3 Å². The molecule has 162 valence electrons. The number of carbonyl (C=O) groups is 1. The Bertz CT molecular complexity index is 1130. The lowest BCUT2D eigenvalue weighted by molar-refractivity contribution is 0.0935. The molecule has 3 aromatic carbocycles. The summed E-state index contributed by atoms with van der Waals surface area (Å²) in [6.07, 6.45) is 0.737. The Morgan fingerprint density at radius 1 is 1.00 bits per heavy atom. The number of carbonyl (C=O) groups excluding carboxylic acids is 1. The van der Waals surface area contributed by atoms with Crippen molar-refractivity contribution in [2.45, 2.75) is 24.3 Å². The van der Waals surface area contributed by atoms with Crippen LogP contribution in [0.15, 0.2) is 83.8 Å². The molecule has 0 radical (unpaired) electrons. The number of nitrogens with zero attached hydrogens (tertiary/aromatic N) is 1. The van der Waals surface area contributed by atoms with E-state index >= 15 is 0 Å². The molecule has 0 aliphatic rings. The van der Waals surface area contributed by atoms with Gasteiger partial charge < -0.3 is 10.1 Å². The zero-order valence-corrected chi connectivity index (χ0v) is 18.6. The predicted octanol–water partition coefficient (Wildman–Crippen LogP) is 4.40. The molecule has 7 heteroatoms. The highest BCUT2D eigenvalue weighted by molar-refractivity contribution is 7.92. The van der Waals surface area contributed by atoms with E-state index in [0.717, 1.165) is 12.0 Å². The first-order chi connectivity index (χ1) is 14.9. The Kier molecular flexibility index (Phi) is 6.97. The second kappa shape index (κ2) is 9.66. The maximum absolute atomic E-state index is 13.0. The Morgan fingerprint density at radius 2 is 1.68 bits per heavy atom. The van der Waals surface area contributed by atoms with E-state index in [1.807, 2.05) is 37.3 Å². The van der Waals surface area contributed by atoms with Crippen molar-refractivity contribution < 1.29 is 17.9 Å². The molecule has 1 atom stereocenters. The Balaban J connectivity index is 1.82. The summed E-state index contributed by atoms with van der Waals surface area (Å²) in [7, 11) is -0.796. The second-order valence-electron chi connectivity index (χ2n) is 7.04. The van der Waals surface area contributed by atoms with Crippen molar-refractivity contribution in [1.29, 1.82) is 0 Å². The number of anilines is 1. The highest BCUT2D eigenvalue weighted by atomic mass is 32.2. The fourth-order valence-electron chi connectivity index (χ4n) is 3.24. The maximum atomic E-state index is 13.0. The van der Waals surface area contributed by atoms with Crippen molar-refractivity contribution in [1.82, 2.24) is 5.32 Å². The Morgan fingerprint density at radius 3 is 2.29 bits per heavy atom. The predicted molar refractivity (Wildman–Crippen MR) is 122 cm³/mol. The van der Waals surface area contributed by atoms with Crippen LogP contribution in [-0.4, -0.2) is 28.5 Å². The fraction of sp³-hybridized carbons (Fsp3) is 0.208. The third-order valence-electron chi connectivity index (χ3n) is 5.11. The summed E-state index contributed by atoms with van der Waals surface area (Å²) < 4.78 is 32.3. The van der Waals surface area contributed by atoms with Crippen LogP contribution in [0.1, 0.15) is 35.3 Å². The van der Waals surface area contributed by atoms with Crippen LogP contribution < -0.4 is 14.4 Å². The van der Waals surface area contributed by atoms with Crippen LogP contribution in [0.5, 0.6) is 5.75 Å². The van der Waals surface area contributed by atoms with Gasteiger partial charge in [-0.25, -0.2) is 8.42 Å². The highest BCUT2D eigenvalue weighted by Gasteiger charge is 2.22. The van der Waals surface area contributed by atoms with E-state index in [1.165, 1.54) is 30.6 Å². The average Bonchev–Trinajstić information content (AvgIpc) is 2.82. The number of amides is 1. The second-order valence-corrected chi connectivity index (χ2v) is 9.01. The molecule has 0 aliphatic heterocycles. The minimum Gasteiger partial charge on any atom is -0.497 e. The number of nitrogens with one attached hydrogen (secondary N) is 1. The summed E-state index contributed by atoms with van der Waals surface area (Å²) >= 11 is 0. The zero-order valence-electron chi connectivity index (χ0n) is 17.8. The molecule has 3 aromatic rings. The number of hydrogen-bond donors (Lipinski definition) is 1. The molecule has 3 rings (SSSR count). The van der Waals surface area contributed by atoms with Gasteiger partial charge in [0.1, 0.15) is 5.75 Å². The van der Waals surface area contributed by atoms with Crippen molar-refractivity contribution >= 4 is 21.6 Å². The summed E-state index contributed by atoms with van der Waals surface area (Å²) in [5.41, 5.74) is 1.81. The molecule has 0 heterocycles. The molecule has 0 saturated heterocycles. The summed E-state index contributed by atoms with van der Waals surface area (Å²) in [6.45, 7) is 2.00. The largest absolute Gasteiger partial charge is 0.497 e. The van der Waals surface area contributed by atoms with Gasteiger partial charge in [-0.15, -0.1) is 0 Å². The van der Waals surface area contributed by atoms with Gasteiger partial charge in [0.2, 0.25) is 0 Å². The molecule has 0 aromatic heterocycles. The molecular formula is C24H26N2O4S. The molecule has 0 unspecified atom stereocenters. The molecule has 1 N–H and O–H groups in total. The summed E-state index contributed by atoms with van der Waals surface area (Å²) in [6, 6.07) is 22.4.